The molecule has 0 saturated heterocycles. The van der Waals surface area contributed by atoms with Crippen LogP contribution in [-0.2, 0) is 40.0 Å². The van der Waals surface area contributed by atoms with Gasteiger partial charge in [-0.3, -0.25) is 28.8 Å². The fourth-order valence-electron chi connectivity index (χ4n) is 4.20. The molecule has 256 valence electrons. The molecule has 1 aromatic rings. The Morgan fingerprint density at radius 1 is 0.804 bits per heavy atom. The van der Waals surface area contributed by atoms with E-state index in [9.17, 15) is 38.7 Å². The third-order valence-electron chi connectivity index (χ3n) is 6.64. The Morgan fingerprint density at radius 2 is 1.37 bits per heavy atom. The van der Waals surface area contributed by atoms with Gasteiger partial charge in [-0.15, -0.1) is 0 Å². The number of carbonyl (C=O) groups is 7. The van der Waals surface area contributed by atoms with E-state index in [1.54, 1.807) is 39.8 Å². The quantitative estimate of drug-likeness (QED) is 0.0997. The predicted octanol–water partition coefficient (Wildman–Crippen LogP) is 1.04. The highest BCUT2D eigenvalue weighted by atomic mass is 79.9. The Morgan fingerprint density at radius 3 is 1.87 bits per heavy atom. The van der Waals surface area contributed by atoms with Crippen molar-refractivity contribution < 1.29 is 48.9 Å². The van der Waals surface area contributed by atoms with Crippen LogP contribution < -0.4 is 27.0 Å². The number of carboxylic acids is 3. The van der Waals surface area contributed by atoms with Gasteiger partial charge in [-0.05, 0) is 58.3 Å². The standard InChI is InChI=1S/C29H41BrClN5O10/c1-13(2)9-19(34-28(44)24(14(3)4)36-25(41)18(32)7-8-22(37)38)26(42)33-20(11-15-5-6-17(31)16(30)10-15)27(43)35-21(29(45)46)12-23(39)40/h5-6,10,13-14,18-21,24H,7-9,11-12,32H2,1-4H3,(H,33,42)(H,34,44)(H,35,43)(H,36,41)(H,37,38)(H,39,40)(H,45,46)/t18-,19-,20-,21-,24-/m0/s1. The Balaban J connectivity index is 3.29. The largest absolute Gasteiger partial charge is 0.481 e. The number of benzene rings is 1. The smallest absolute Gasteiger partial charge is 0.326 e. The summed E-state index contributed by atoms with van der Waals surface area (Å²) in [4.78, 5) is 86.4. The molecule has 0 aliphatic carbocycles. The topological polar surface area (TPSA) is 254 Å². The SMILES string of the molecule is CC(C)C[C@H](NC(=O)[C@@H](NC(=O)[C@@H](N)CCC(=O)O)C(C)C)C(=O)N[C@@H](Cc1ccc(Cl)c(Br)c1)C(=O)N[C@@H](CC(=O)O)C(=O)O. The summed E-state index contributed by atoms with van der Waals surface area (Å²) >= 11 is 9.34. The molecule has 0 fully saturated rings. The van der Waals surface area contributed by atoms with Crippen molar-refractivity contribution >= 4 is 69.1 Å². The lowest BCUT2D eigenvalue weighted by Gasteiger charge is -2.28. The van der Waals surface area contributed by atoms with Crippen molar-refractivity contribution in [2.24, 2.45) is 17.6 Å². The Kier molecular flexibility index (Phi) is 16.7. The number of carbonyl (C=O) groups excluding carboxylic acids is 4. The summed E-state index contributed by atoms with van der Waals surface area (Å²) in [6, 6.07) is -2.04. The first-order valence-corrected chi connectivity index (χ1v) is 15.6. The molecule has 0 aliphatic rings. The van der Waals surface area contributed by atoms with Gasteiger partial charge in [-0.1, -0.05) is 45.4 Å². The molecular weight excluding hydrogens is 694 g/mol. The number of nitrogens with two attached hydrogens (primary N) is 1. The molecule has 0 aliphatic heterocycles. The lowest BCUT2D eigenvalue weighted by molar-refractivity contribution is -0.147. The molecule has 9 N–H and O–H groups in total. The molecule has 4 amide bonds. The van der Waals surface area contributed by atoms with Crippen molar-refractivity contribution in [3.05, 3.63) is 33.3 Å². The van der Waals surface area contributed by atoms with Crippen LogP contribution in [0.3, 0.4) is 0 Å². The monoisotopic (exact) mass is 733 g/mol. The maximum atomic E-state index is 13.6. The van der Waals surface area contributed by atoms with Crippen LogP contribution in [0.5, 0.6) is 0 Å². The lowest BCUT2D eigenvalue weighted by atomic mass is 9.98. The van der Waals surface area contributed by atoms with E-state index in [-0.39, 0.29) is 31.6 Å². The number of hydrogen-bond donors (Lipinski definition) is 8. The van der Waals surface area contributed by atoms with Gasteiger partial charge in [0.05, 0.1) is 17.5 Å². The third kappa shape index (κ3) is 14.1. The zero-order chi connectivity index (χ0) is 35.3. The minimum Gasteiger partial charge on any atom is -0.481 e. The van der Waals surface area contributed by atoms with E-state index < -0.39 is 84.1 Å². The molecule has 17 heteroatoms. The average molecular weight is 735 g/mol. The number of carboxylic acid groups (broad SMARTS) is 3. The lowest BCUT2D eigenvalue weighted by Crippen LogP contribution is -2.60. The second kappa shape index (κ2) is 19.0. The third-order valence-corrected chi connectivity index (χ3v) is 7.86. The van der Waals surface area contributed by atoms with E-state index in [0.29, 0.717) is 15.1 Å². The van der Waals surface area contributed by atoms with Crippen LogP contribution in [0, 0.1) is 11.8 Å². The molecule has 5 atom stereocenters. The highest BCUT2D eigenvalue weighted by molar-refractivity contribution is 9.10. The molecule has 1 aromatic carbocycles. The maximum absolute atomic E-state index is 13.6. The summed E-state index contributed by atoms with van der Waals surface area (Å²) in [5.41, 5.74) is 6.29. The number of amides is 4. The van der Waals surface area contributed by atoms with Crippen LogP contribution in [0.25, 0.3) is 0 Å². The summed E-state index contributed by atoms with van der Waals surface area (Å²) in [5, 5.41) is 37.5. The number of nitrogens with one attached hydrogen (secondary N) is 4. The fourth-order valence-corrected chi connectivity index (χ4v) is 4.74. The summed E-state index contributed by atoms with van der Waals surface area (Å²) in [6.45, 7) is 6.86. The van der Waals surface area contributed by atoms with E-state index >= 15 is 0 Å². The van der Waals surface area contributed by atoms with Gasteiger partial charge in [-0.25, -0.2) is 4.79 Å². The Labute approximate surface area is 279 Å². The van der Waals surface area contributed by atoms with Gasteiger partial charge in [0.15, 0.2) is 0 Å². The molecule has 0 heterocycles. The van der Waals surface area contributed by atoms with Gasteiger partial charge >= 0.3 is 17.9 Å². The van der Waals surface area contributed by atoms with Crippen molar-refractivity contribution in [1.82, 2.24) is 21.3 Å². The van der Waals surface area contributed by atoms with Crippen LogP contribution in [0.1, 0.15) is 58.9 Å². The van der Waals surface area contributed by atoms with Gasteiger partial charge in [0.1, 0.15) is 24.2 Å². The summed E-state index contributed by atoms with van der Waals surface area (Å²) in [5.74, 6) is -8.07. The van der Waals surface area contributed by atoms with E-state index in [0.717, 1.165) is 0 Å². The number of halogens is 2. The van der Waals surface area contributed by atoms with Crippen LogP contribution in [0.2, 0.25) is 5.02 Å². The highest BCUT2D eigenvalue weighted by Crippen LogP contribution is 2.24. The van der Waals surface area contributed by atoms with Crippen LogP contribution >= 0.6 is 27.5 Å². The molecule has 0 radical (unpaired) electrons. The van der Waals surface area contributed by atoms with E-state index in [2.05, 4.69) is 37.2 Å². The highest BCUT2D eigenvalue weighted by Gasteiger charge is 2.33. The number of hydrogen-bond acceptors (Lipinski definition) is 8. The van der Waals surface area contributed by atoms with Crippen molar-refractivity contribution in [2.75, 3.05) is 0 Å². The molecule has 0 unspecified atom stereocenters. The predicted molar refractivity (Wildman–Crippen MR) is 170 cm³/mol. The number of rotatable bonds is 19. The van der Waals surface area contributed by atoms with Crippen molar-refractivity contribution in [3.8, 4) is 0 Å². The molecule has 0 spiro atoms. The van der Waals surface area contributed by atoms with Gasteiger partial charge in [0.25, 0.3) is 0 Å². The van der Waals surface area contributed by atoms with Gasteiger partial charge in [0, 0.05) is 17.3 Å². The first kappa shape index (κ1) is 40.3. The molecule has 15 nitrogen and oxygen atoms in total. The zero-order valence-electron chi connectivity index (χ0n) is 25.8. The summed E-state index contributed by atoms with van der Waals surface area (Å²) < 4.78 is 0.487. The molecule has 46 heavy (non-hydrogen) atoms. The van der Waals surface area contributed by atoms with E-state index in [1.807, 2.05) is 0 Å². The Bertz CT molecular complexity index is 1290. The first-order chi connectivity index (χ1) is 21.3. The zero-order valence-corrected chi connectivity index (χ0v) is 28.2. The molecule has 1 rings (SSSR count). The van der Waals surface area contributed by atoms with E-state index in [1.165, 1.54) is 6.07 Å². The van der Waals surface area contributed by atoms with Gasteiger partial charge < -0.3 is 42.3 Å². The van der Waals surface area contributed by atoms with Gasteiger partial charge in [0.2, 0.25) is 23.6 Å². The molecule has 0 aromatic heterocycles. The Hall–Kier alpha value is -3.76. The van der Waals surface area contributed by atoms with E-state index in [4.69, 9.17) is 27.5 Å². The molecule has 0 saturated carbocycles. The minimum atomic E-state index is -1.79. The van der Waals surface area contributed by atoms with Crippen molar-refractivity contribution in [2.45, 2.75) is 90.0 Å². The van der Waals surface area contributed by atoms with Crippen molar-refractivity contribution in [3.63, 3.8) is 0 Å². The molecule has 0 bridgehead atoms. The van der Waals surface area contributed by atoms with Crippen LogP contribution in [0.15, 0.2) is 22.7 Å². The summed E-state index contributed by atoms with van der Waals surface area (Å²) in [6.07, 6.45) is -1.48. The fraction of sp³-hybridized carbons (Fsp3) is 0.552. The van der Waals surface area contributed by atoms with Crippen LogP contribution in [0.4, 0.5) is 0 Å². The minimum absolute atomic E-state index is 0.103. The second-order valence-electron chi connectivity index (χ2n) is 11.5. The maximum Gasteiger partial charge on any atom is 0.326 e. The molecular formula is C29H41BrClN5O10. The van der Waals surface area contributed by atoms with Gasteiger partial charge in [-0.2, -0.15) is 0 Å². The summed E-state index contributed by atoms with van der Waals surface area (Å²) in [7, 11) is 0. The van der Waals surface area contributed by atoms with Crippen LogP contribution in [-0.4, -0.2) is 87.1 Å². The first-order valence-electron chi connectivity index (χ1n) is 14.4. The van der Waals surface area contributed by atoms with Crippen molar-refractivity contribution in [1.29, 1.82) is 0 Å². The number of aliphatic carboxylic acids is 3. The normalized spacial score (nSPS) is 14.4. The second-order valence-corrected chi connectivity index (χ2v) is 12.7. The average Bonchev–Trinajstić information content (AvgIpc) is 2.94.